The Bertz CT molecular complexity index is 331. The minimum absolute atomic E-state index is 0.0788. The molecule has 5 nitrogen and oxygen atoms in total. The number of hydrogen-bond donors (Lipinski definition) is 1. The Balaban J connectivity index is 2.39. The molecule has 0 aromatic heterocycles. The van der Waals surface area contributed by atoms with Crippen LogP contribution in [0.5, 0.6) is 0 Å². The van der Waals surface area contributed by atoms with Crippen LogP contribution in [0.2, 0.25) is 0 Å². The lowest BCUT2D eigenvalue weighted by Gasteiger charge is -2.19. The SMILES string of the molecule is CC(C)N1C(=O)CC(NCCCS(C)=O)C1=O. The fraction of sp³-hybridized carbons (Fsp3) is 0.818. The van der Waals surface area contributed by atoms with E-state index in [4.69, 9.17) is 0 Å². The summed E-state index contributed by atoms with van der Waals surface area (Å²) in [6, 6.07) is -0.472. The molecule has 1 fully saturated rings. The molecule has 1 rings (SSSR count). The second-order valence-corrected chi connectivity index (χ2v) is 6.09. The maximum atomic E-state index is 11.9. The van der Waals surface area contributed by atoms with E-state index in [1.54, 1.807) is 6.26 Å². The average Bonchev–Trinajstić information content (AvgIpc) is 2.48. The first-order valence-corrected chi connectivity index (χ1v) is 7.55. The molecule has 2 unspecified atom stereocenters. The Morgan fingerprint density at radius 1 is 1.47 bits per heavy atom. The lowest BCUT2D eigenvalue weighted by molar-refractivity contribution is -0.140. The van der Waals surface area contributed by atoms with Crippen molar-refractivity contribution in [1.82, 2.24) is 10.2 Å². The van der Waals surface area contributed by atoms with Gasteiger partial charge in [-0.15, -0.1) is 0 Å². The van der Waals surface area contributed by atoms with Gasteiger partial charge in [-0.2, -0.15) is 0 Å². The number of imide groups is 1. The van der Waals surface area contributed by atoms with E-state index in [9.17, 15) is 13.8 Å². The van der Waals surface area contributed by atoms with Crippen molar-refractivity contribution in [2.45, 2.75) is 38.8 Å². The molecule has 0 aromatic carbocycles. The summed E-state index contributed by atoms with van der Waals surface area (Å²) in [4.78, 5) is 24.8. The molecule has 1 heterocycles. The largest absolute Gasteiger partial charge is 0.305 e. The van der Waals surface area contributed by atoms with Gasteiger partial charge in [0.1, 0.15) is 0 Å². The van der Waals surface area contributed by atoms with Gasteiger partial charge < -0.3 is 5.32 Å². The van der Waals surface area contributed by atoms with Gasteiger partial charge in [0.2, 0.25) is 11.8 Å². The summed E-state index contributed by atoms with van der Waals surface area (Å²) in [5, 5.41) is 3.06. The van der Waals surface area contributed by atoms with Crippen molar-refractivity contribution in [3.63, 3.8) is 0 Å². The zero-order chi connectivity index (χ0) is 13.0. The van der Waals surface area contributed by atoms with Crippen molar-refractivity contribution >= 4 is 22.6 Å². The molecule has 1 aliphatic heterocycles. The highest BCUT2D eigenvalue weighted by Gasteiger charge is 2.39. The second kappa shape index (κ2) is 6.26. The fourth-order valence-electron chi connectivity index (χ4n) is 1.90. The topological polar surface area (TPSA) is 66.5 Å². The third-order valence-electron chi connectivity index (χ3n) is 2.70. The molecule has 0 bridgehead atoms. The number of nitrogens with zero attached hydrogens (tertiary/aromatic N) is 1. The number of carbonyl (C=O) groups is 2. The van der Waals surface area contributed by atoms with E-state index in [-0.39, 0.29) is 24.3 Å². The third kappa shape index (κ3) is 3.89. The molecule has 2 amide bonds. The van der Waals surface area contributed by atoms with Gasteiger partial charge in [0, 0.05) is 28.9 Å². The molecule has 0 aromatic rings. The van der Waals surface area contributed by atoms with Crippen LogP contribution in [0.1, 0.15) is 26.7 Å². The van der Waals surface area contributed by atoms with Gasteiger partial charge in [0.05, 0.1) is 12.5 Å². The molecule has 17 heavy (non-hydrogen) atoms. The van der Waals surface area contributed by atoms with Crippen molar-refractivity contribution in [2.24, 2.45) is 0 Å². The van der Waals surface area contributed by atoms with E-state index in [0.717, 1.165) is 6.42 Å². The first-order chi connectivity index (χ1) is 7.93. The van der Waals surface area contributed by atoms with E-state index in [1.165, 1.54) is 4.90 Å². The molecular weight excluding hydrogens is 240 g/mol. The minimum atomic E-state index is -0.801. The molecule has 1 saturated heterocycles. The fourth-order valence-corrected chi connectivity index (χ4v) is 2.46. The van der Waals surface area contributed by atoms with Crippen molar-refractivity contribution < 1.29 is 13.8 Å². The molecule has 2 atom stereocenters. The maximum Gasteiger partial charge on any atom is 0.247 e. The Labute approximate surface area is 104 Å². The first-order valence-electron chi connectivity index (χ1n) is 5.82. The van der Waals surface area contributed by atoms with Crippen LogP contribution in [0.25, 0.3) is 0 Å². The summed E-state index contributed by atoms with van der Waals surface area (Å²) in [6.45, 7) is 4.28. The number of amides is 2. The van der Waals surface area contributed by atoms with Crippen LogP contribution >= 0.6 is 0 Å². The summed E-state index contributed by atoms with van der Waals surface area (Å²) in [6.07, 6.45) is 2.65. The highest BCUT2D eigenvalue weighted by atomic mass is 32.2. The minimum Gasteiger partial charge on any atom is -0.305 e. The summed E-state index contributed by atoms with van der Waals surface area (Å²) >= 11 is 0. The Morgan fingerprint density at radius 3 is 2.59 bits per heavy atom. The molecule has 0 aliphatic carbocycles. The number of nitrogens with one attached hydrogen (secondary N) is 1. The normalized spacial score (nSPS) is 22.6. The highest BCUT2D eigenvalue weighted by Crippen LogP contribution is 2.15. The number of carbonyl (C=O) groups excluding carboxylic acids is 2. The van der Waals surface area contributed by atoms with Gasteiger partial charge >= 0.3 is 0 Å². The average molecular weight is 260 g/mol. The van der Waals surface area contributed by atoms with Crippen LogP contribution in [-0.2, 0) is 20.4 Å². The quantitative estimate of drug-likeness (QED) is 0.534. The van der Waals surface area contributed by atoms with Crippen molar-refractivity contribution in [2.75, 3.05) is 18.6 Å². The van der Waals surface area contributed by atoms with Gasteiger partial charge in [-0.1, -0.05) is 0 Å². The van der Waals surface area contributed by atoms with Gasteiger partial charge in [0.15, 0.2) is 0 Å². The van der Waals surface area contributed by atoms with Crippen LogP contribution in [-0.4, -0.2) is 51.6 Å². The van der Waals surface area contributed by atoms with E-state index >= 15 is 0 Å². The molecular formula is C11H20N2O3S. The van der Waals surface area contributed by atoms with Crippen molar-refractivity contribution in [3.8, 4) is 0 Å². The summed E-state index contributed by atoms with van der Waals surface area (Å²) < 4.78 is 10.9. The third-order valence-corrected chi connectivity index (χ3v) is 3.56. The zero-order valence-electron chi connectivity index (χ0n) is 10.6. The van der Waals surface area contributed by atoms with E-state index in [0.29, 0.717) is 12.3 Å². The smallest absolute Gasteiger partial charge is 0.247 e. The van der Waals surface area contributed by atoms with Crippen LogP contribution in [0, 0.1) is 0 Å². The van der Waals surface area contributed by atoms with E-state index < -0.39 is 16.8 Å². The monoisotopic (exact) mass is 260 g/mol. The predicted molar refractivity (Wildman–Crippen MR) is 66.9 cm³/mol. The Kier molecular flexibility index (Phi) is 5.27. The molecule has 98 valence electrons. The van der Waals surface area contributed by atoms with E-state index in [1.807, 2.05) is 13.8 Å². The van der Waals surface area contributed by atoms with E-state index in [2.05, 4.69) is 5.32 Å². The molecule has 1 N–H and O–H groups in total. The number of rotatable bonds is 6. The molecule has 0 spiro atoms. The van der Waals surface area contributed by atoms with Crippen LogP contribution in [0.4, 0.5) is 0 Å². The number of likely N-dealkylation sites (tertiary alicyclic amines) is 1. The van der Waals surface area contributed by atoms with Gasteiger partial charge in [-0.05, 0) is 26.8 Å². The summed E-state index contributed by atoms with van der Waals surface area (Å²) in [5.74, 6) is 0.375. The molecule has 6 heteroatoms. The highest BCUT2D eigenvalue weighted by molar-refractivity contribution is 7.84. The molecule has 0 radical (unpaired) electrons. The van der Waals surface area contributed by atoms with Crippen molar-refractivity contribution in [1.29, 1.82) is 0 Å². The molecule has 1 aliphatic rings. The zero-order valence-corrected chi connectivity index (χ0v) is 11.4. The van der Waals surface area contributed by atoms with Crippen LogP contribution < -0.4 is 5.32 Å². The van der Waals surface area contributed by atoms with Gasteiger partial charge in [-0.25, -0.2) is 0 Å². The van der Waals surface area contributed by atoms with Crippen LogP contribution in [0.15, 0.2) is 0 Å². The summed E-state index contributed by atoms with van der Waals surface area (Å²) in [5.41, 5.74) is 0. The van der Waals surface area contributed by atoms with Gasteiger partial charge in [-0.3, -0.25) is 18.7 Å². The first kappa shape index (κ1) is 14.3. The van der Waals surface area contributed by atoms with Gasteiger partial charge in [0.25, 0.3) is 0 Å². The lowest BCUT2D eigenvalue weighted by atomic mass is 10.2. The number of hydrogen-bond acceptors (Lipinski definition) is 4. The predicted octanol–water partition coefficient (Wildman–Crippen LogP) is -0.119. The Hall–Kier alpha value is -0.750. The Morgan fingerprint density at radius 2 is 2.12 bits per heavy atom. The molecule has 0 saturated carbocycles. The maximum absolute atomic E-state index is 11.9. The summed E-state index contributed by atoms with van der Waals surface area (Å²) in [7, 11) is -0.801. The van der Waals surface area contributed by atoms with Crippen LogP contribution in [0.3, 0.4) is 0 Å². The van der Waals surface area contributed by atoms with Crippen molar-refractivity contribution in [3.05, 3.63) is 0 Å². The second-order valence-electron chi connectivity index (χ2n) is 4.54. The lowest BCUT2D eigenvalue weighted by Crippen LogP contribution is -2.42. The standard InChI is InChI=1S/C11H20N2O3S/c1-8(2)13-10(14)7-9(11(13)15)12-5-4-6-17(3)16/h8-9,12H,4-7H2,1-3H3.